The van der Waals surface area contributed by atoms with Crippen LogP contribution in [0.15, 0.2) is 67.0 Å². The van der Waals surface area contributed by atoms with Crippen LogP contribution in [0, 0.1) is 0 Å². The van der Waals surface area contributed by atoms with Gasteiger partial charge in [0, 0.05) is 35.3 Å². The Morgan fingerprint density at radius 3 is 2.29 bits per heavy atom. The second kappa shape index (κ2) is 6.16. The Morgan fingerprint density at radius 1 is 0.750 bits per heavy atom. The van der Waals surface area contributed by atoms with E-state index in [4.69, 9.17) is 9.47 Å². The number of benzene rings is 2. The molecule has 0 spiro atoms. The second-order valence-electron chi connectivity index (χ2n) is 5.57. The fraction of sp³-hybridized carbons (Fsp3) is 0.100. The van der Waals surface area contributed by atoms with E-state index in [1.54, 1.807) is 7.11 Å². The van der Waals surface area contributed by atoms with Gasteiger partial charge in [0.15, 0.2) is 0 Å². The predicted octanol–water partition coefficient (Wildman–Crippen LogP) is 4.37. The lowest BCUT2D eigenvalue weighted by Crippen LogP contribution is -1.97. The van der Waals surface area contributed by atoms with Crippen LogP contribution in [0.25, 0.3) is 21.5 Å². The quantitative estimate of drug-likeness (QED) is 0.561. The molecule has 0 radical (unpaired) electrons. The lowest BCUT2D eigenvalue weighted by Gasteiger charge is -2.08. The Bertz CT molecular complexity index is 1010. The SMILES string of the molecule is COc1cc2cc(COc3cc4ccccc4cn3)ccc2cn1. The number of methoxy groups -OCH3 is 1. The van der Waals surface area contributed by atoms with Gasteiger partial charge in [-0.2, -0.15) is 0 Å². The molecule has 2 aromatic heterocycles. The largest absolute Gasteiger partial charge is 0.481 e. The number of nitrogens with zero attached hydrogens (tertiary/aromatic N) is 2. The standard InChI is InChI=1S/C20H16N2O2/c1-23-19-10-18-8-14(6-7-17(18)12-21-19)13-24-20-9-15-4-2-3-5-16(15)11-22-20/h2-12H,13H2,1H3. The fourth-order valence-corrected chi connectivity index (χ4v) is 2.67. The van der Waals surface area contributed by atoms with Crippen molar-refractivity contribution in [2.24, 2.45) is 0 Å². The van der Waals surface area contributed by atoms with Crippen LogP contribution in [0.2, 0.25) is 0 Å². The number of hydrogen-bond acceptors (Lipinski definition) is 4. The van der Waals surface area contributed by atoms with E-state index in [1.165, 1.54) is 0 Å². The molecule has 0 N–H and O–H groups in total. The molecule has 0 amide bonds. The van der Waals surface area contributed by atoms with Gasteiger partial charge in [-0.3, -0.25) is 0 Å². The number of rotatable bonds is 4. The van der Waals surface area contributed by atoms with Crippen molar-refractivity contribution in [1.82, 2.24) is 9.97 Å². The summed E-state index contributed by atoms with van der Waals surface area (Å²) in [6.45, 7) is 0.464. The molecule has 0 saturated heterocycles. The summed E-state index contributed by atoms with van der Waals surface area (Å²) in [5.74, 6) is 1.23. The first-order valence-corrected chi connectivity index (χ1v) is 7.72. The molecule has 0 aliphatic heterocycles. The summed E-state index contributed by atoms with van der Waals surface area (Å²) in [6.07, 6.45) is 3.64. The maximum Gasteiger partial charge on any atom is 0.214 e. The number of ether oxygens (including phenoxy) is 2. The van der Waals surface area contributed by atoms with E-state index < -0.39 is 0 Å². The van der Waals surface area contributed by atoms with Crippen molar-refractivity contribution < 1.29 is 9.47 Å². The molecule has 0 fully saturated rings. The lowest BCUT2D eigenvalue weighted by molar-refractivity contribution is 0.294. The zero-order valence-corrected chi connectivity index (χ0v) is 13.3. The van der Waals surface area contributed by atoms with Gasteiger partial charge >= 0.3 is 0 Å². The zero-order valence-electron chi connectivity index (χ0n) is 13.3. The van der Waals surface area contributed by atoms with Crippen molar-refractivity contribution in [3.05, 3.63) is 72.6 Å². The highest BCUT2D eigenvalue weighted by atomic mass is 16.5. The smallest absolute Gasteiger partial charge is 0.214 e. The molecular weight excluding hydrogens is 300 g/mol. The molecule has 24 heavy (non-hydrogen) atoms. The van der Waals surface area contributed by atoms with Crippen molar-refractivity contribution in [2.75, 3.05) is 7.11 Å². The number of fused-ring (bicyclic) bond motifs is 2. The third-order valence-corrected chi connectivity index (χ3v) is 3.96. The maximum atomic E-state index is 5.85. The first kappa shape index (κ1) is 14.5. The van der Waals surface area contributed by atoms with Crippen molar-refractivity contribution in [3.8, 4) is 11.8 Å². The number of hydrogen-bond donors (Lipinski definition) is 0. The van der Waals surface area contributed by atoms with Crippen LogP contribution < -0.4 is 9.47 Å². The molecule has 0 bridgehead atoms. The molecule has 0 aliphatic carbocycles. The molecule has 4 heteroatoms. The molecule has 0 unspecified atom stereocenters. The Balaban J connectivity index is 1.56. The highest BCUT2D eigenvalue weighted by Gasteiger charge is 2.03. The van der Waals surface area contributed by atoms with Gasteiger partial charge in [-0.1, -0.05) is 36.4 Å². The maximum absolute atomic E-state index is 5.85. The van der Waals surface area contributed by atoms with E-state index in [1.807, 2.05) is 54.9 Å². The zero-order chi connectivity index (χ0) is 16.4. The van der Waals surface area contributed by atoms with E-state index in [2.05, 4.69) is 22.1 Å². The summed E-state index contributed by atoms with van der Waals surface area (Å²) < 4.78 is 11.0. The van der Waals surface area contributed by atoms with Gasteiger partial charge in [0.1, 0.15) is 6.61 Å². The first-order chi connectivity index (χ1) is 11.8. The van der Waals surface area contributed by atoms with Gasteiger partial charge in [0.2, 0.25) is 11.8 Å². The van der Waals surface area contributed by atoms with Crippen molar-refractivity contribution in [3.63, 3.8) is 0 Å². The van der Waals surface area contributed by atoms with Crippen molar-refractivity contribution in [2.45, 2.75) is 6.61 Å². The summed E-state index contributed by atoms with van der Waals surface area (Å²) in [4.78, 5) is 8.57. The van der Waals surface area contributed by atoms with E-state index in [0.717, 1.165) is 27.1 Å². The van der Waals surface area contributed by atoms with Crippen LogP contribution in [-0.2, 0) is 6.61 Å². The Morgan fingerprint density at radius 2 is 1.46 bits per heavy atom. The van der Waals surface area contributed by atoms with Gasteiger partial charge in [-0.25, -0.2) is 9.97 Å². The highest BCUT2D eigenvalue weighted by molar-refractivity contribution is 5.83. The predicted molar refractivity (Wildman–Crippen MR) is 94.4 cm³/mol. The topological polar surface area (TPSA) is 44.2 Å². The van der Waals surface area contributed by atoms with Gasteiger partial charge in [0.05, 0.1) is 7.11 Å². The highest BCUT2D eigenvalue weighted by Crippen LogP contribution is 2.21. The molecule has 2 aromatic carbocycles. The van der Waals surface area contributed by atoms with Gasteiger partial charge in [0.25, 0.3) is 0 Å². The third kappa shape index (κ3) is 2.86. The van der Waals surface area contributed by atoms with Crippen LogP contribution in [-0.4, -0.2) is 17.1 Å². The molecule has 0 atom stereocenters. The monoisotopic (exact) mass is 316 g/mol. The minimum atomic E-state index is 0.464. The summed E-state index contributed by atoms with van der Waals surface area (Å²) in [5, 5.41) is 4.38. The molecule has 4 rings (SSSR count). The second-order valence-corrected chi connectivity index (χ2v) is 5.57. The summed E-state index contributed by atoms with van der Waals surface area (Å²) in [6, 6.07) is 18.2. The van der Waals surface area contributed by atoms with Crippen molar-refractivity contribution >= 4 is 21.5 Å². The van der Waals surface area contributed by atoms with Gasteiger partial charge < -0.3 is 9.47 Å². The van der Waals surface area contributed by atoms with E-state index in [-0.39, 0.29) is 0 Å². The van der Waals surface area contributed by atoms with Crippen LogP contribution in [0.5, 0.6) is 11.8 Å². The average Bonchev–Trinajstić information content (AvgIpc) is 2.65. The fourth-order valence-electron chi connectivity index (χ4n) is 2.67. The minimum Gasteiger partial charge on any atom is -0.481 e. The molecular formula is C20H16N2O2. The third-order valence-electron chi connectivity index (χ3n) is 3.96. The van der Waals surface area contributed by atoms with Crippen molar-refractivity contribution in [1.29, 1.82) is 0 Å². The average molecular weight is 316 g/mol. The van der Waals surface area contributed by atoms with E-state index in [0.29, 0.717) is 18.4 Å². The van der Waals surface area contributed by atoms with Crippen LogP contribution in [0.3, 0.4) is 0 Å². The molecule has 4 nitrogen and oxygen atoms in total. The van der Waals surface area contributed by atoms with E-state index in [9.17, 15) is 0 Å². The summed E-state index contributed by atoms with van der Waals surface area (Å²) in [5.41, 5.74) is 1.07. The molecule has 0 aliphatic rings. The number of aromatic nitrogens is 2. The Labute approximate surface area is 139 Å². The van der Waals surface area contributed by atoms with Crippen LogP contribution in [0.4, 0.5) is 0 Å². The molecule has 4 aromatic rings. The van der Waals surface area contributed by atoms with Gasteiger partial charge in [-0.05, 0) is 22.4 Å². The number of pyridine rings is 2. The first-order valence-electron chi connectivity index (χ1n) is 7.72. The Kier molecular flexibility index (Phi) is 3.71. The Hall–Kier alpha value is -3.14. The normalized spacial score (nSPS) is 10.9. The van der Waals surface area contributed by atoms with Gasteiger partial charge in [-0.15, -0.1) is 0 Å². The molecule has 0 saturated carbocycles. The van der Waals surface area contributed by atoms with E-state index >= 15 is 0 Å². The molecule has 2 heterocycles. The lowest BCUT2D eigenvalue weighted by atomic mass is 10.1. The van der Waals surface area contributed by atoms with Crippen LogP contribution in [0.1, 0.15) is 5.56 Å². The minimum absolute atomic E-state index is 0.464. The van der Waals surface area contributed by atoms with Crippen LogP contribution >= 0.6 is 0 Å². The summed E-state index contributed by atoms with van der Waals surface area (Å²) in [7, 11) is 1.62. The summed E-state index contributed by atoms with van der Waals surface area (Å²) >= 11 is 0. The molecule has 118 valence electrons.